The molecule has 0 unspecified atom stereocenters. The molecule has 21 atom stereocenters. The number of Topliss-reactive ketones (excluding diaryl/α,β-unsaturated/α-hetero) is 1. The molecule has 5 heterocycles. The van der Waals surface area contributed by atoms with Crippen molar-refractivity contribution in [3.05, 3.63) is 112 Å². The number of aryl methyl sites for hydroxylation is 1. The lowest BCUT2D eigenvalue weighted by Crippen LogP contribution is -2.71. The molecule has 0 saturated carbocycles. The van der Waals surface area contributed by atoms with Crippen molar-refractivity contribution >= 4 is 11.7 Å². The molecule has 4 fully saturated rings. The van der Waals surface area contributed by atoms with Crippen LogP contribution in [0.15, 0.2) is 101 Å². The van der Waals surface area contributed by atoms with Gasteiger partial charge in [-0.2, -0.15) is 0 Å². The Morgan fingerprint density at radius 3 is 2.07 bits per heavy atom. The lowest BCUT2D eigenvalue weighted by Gasteiger charge is -2.55. The smallest absolute Gasteiger partial charge is 0.265 e. The number of pyridine rings is 1. The average molecular weight is 1150 g/mol. The summed E-state index contributed by atoms with van der Waals surface area (Å²) >= 11 is 0. The summed E-state index contributed by atoms with van der Waals surface area (Å²) in [5, 5.41) is 82.6. The van der Waals surface area contributed by atoms with E-state index >= 15 is 0 Å². The number of rotatable bonds is 24. The summed E-state index contributed by atoms with van der Waals surface area (Å²) in [5.41, 5.74) is -1.14. The van der Waals surface area contributed by atoms with E-state index in [1.807, 2.05) is 20.8 Å². The Balaban J connectivity index is 1.24. The first-order valence-corrected chi connectivity index (χ1v) is 27.4. The Labute approximate surface area is 474 Å². The van der Waals surface area contributed by atoms with Gasteiger partial charge in [0.15, 0.2) is 18.4 Å². The highest BCUT2D eigenvalue weighted by atomic mass is 16.8. The molecule has 4 aliphatic heterocycles. The third-order valence-electron chi connectivity index (χ3n) is 15.8. The van der Waals surface area contributed by atoms with Gasteiger partial charge >= 0.3 is 0 Å². The van der Waals surface area contributed by atoms with Crippen LogP contribution in [0.25, 0.3) is 0 Å². The van der Waals surface area contributed by atoms with Crippen LogP contribution in [-0.4, -0.2) is 203 Å². The van der Waals surface area contributed by atoms with Crippen molar-refractivity contribution in [1.82, 2.24) is 9.88 Å². The number of aromatic hydroxyl groups is 1. The van der Waals surface area contributed by atoms with Gasteiger partial charge in [-0.05, 0) is 58.3 Å². The normalized spacial score (nSPS) is 36.3. The second-order valence-corrected chi connectivity index (χ2v) is 21.7. The molecule has 8 N–H and O–H groups in total. The molecule has 4 aliphatic rings. The standard InChI is InChI=1S/C59H88N2O20/c1-15-17-19-27-39-58(8,9)53(80-56-45(67)50(74-13)49(35(7)76-56)79-57-51(75-14)44(66)48(73-12)34(6)77-57)52(68)59(71,81-39)36(16-2)54(69)60-29-23-22-25-32(4)46(72-11)33(5)47-43(65)42(64)38(78-47)26-21-18-20-24-31(3)41(63)40-37(62)28-30-61(10)55(40)70/h15,17-28,30,33-36,38-39,42-53,56-57,62,64-68,71H,16,29H2,1-14H3,(H,60,69)/b17-15-,20-18+,23-22+,26-21+,27-19+,31-24+,32-25+/t33-,34+,35-,36-,38-,39+,42+,43+,44-,45-,46-,47+,48+,49-,50+,51-,52-,53+,56+,57+,59-/m1/s1. The molecular weight excluding hydrogens is 1060 g/mol. The van der Waals surface area contributed by atoms with Crippen molar-refractivity contribution in [3.63, 3.8) is 0 Å². The van der Waals surface area contributed by atoms with Crippen LogP contribution in [0, 0.1) is 17.3 Å². The van der Waals surface area contributed by atoms with E-state index in [9.17, 15) is 50.1 Å². The fourth-order valence-corrected chi connectivity index (χ4v) is 11.0. The summed E-state index contributed by atoms with van der Waals surface area (Å²) in [4.78, 5) is 39.4. The fraction of sp³-hybridized carbons (Fsp3) is 0.644. The molecule has 4 saturated heterocycles. The number of aliphatic hydroxyl groups excluding tert-OH is 5. The predicted octanol–water partition coefficient (Wildman–Crippen LogP) is 2.75. The van der Waals surface area contributed by atoms with Crippen LogP contribution in [0.4, 0.5) is 0 Å². The summed E-state index contributed by atoms with van der Waals surface area (Å²) in [6.07, 6.45) is 1.89. The van der Waals surface area contributed by atoms with E-state index in [4.69, 9.17) is 47.4 Å². The molecule has 0 radical (unpaired) electrons. The molecule has 1 aromatic heterocycles. The SMILES string of the molecule is C/C=C\C=C\[C@@H]1O[C@](O)([C@H](CC)C(=O)NC/C=C/C=C(\C)[C@@H](OC)[C@@H](C)[C@@H]2O[C@H](/C=C/C=C/C=C(\C)C(=O)c3c(O)ccn(C)c3=O)[C@H](O)[C@@H]2O)[C@H](O)[C@H](O[C@@H]2O[C@H](C)[C@@H](O[C@@H]3O[C@@H](C)[C@H](OC)[C@@H](O)[C@H]3OC)[C@@H](OC)[C@H]2O)C1(C)C. The van der Waals surface area contributed by atoms with Gasteiger partial charge in [0.05, 0.1) is 42.5 Å². The minimum absolute atomic E-state index is 0.000641. The van der Waals surface area contributed by atoms with E-state index in [2.05, 4.69) is 5.32 Å². The van der Waals surface area contributed by atoms with Crippen molar-refractivity contribution in [1.29, 1.82) is 0 Å². The maximum atomic E-state index is 14.1. The van der Waals surface area contributed by atoms with Gasteiger partial charge in [0.2, 0.25) is 11.7 Å². The van der Waals surface area contributed by atoms with Crippen LogP contribution in [0.3, 0.4) is 0 Å². The highest BCUT2D eigenvalue weighted by Gasteiger charge is 2.63. The molecule has 22 heteroatoms. The molecule has 81 heavy (non-hydrogen) atoms. The lowest BCUT2D eigenvalue weighted by molar-refractivity contribution is -0.399. The van der Waals surface area contributed by atoms with Crippen molar-refractivity contribution in [2.24, 2.45) is 24.3 Å². The van der Waals surface area contributed by atoms with E-state index in [0.717, 1.165) is 5.57 Å². The van der Waals surface area contributed by atoms with Gasteiger partial charge in [0, 0.05) is 59.6 Å². The third kappa shape index (κ3) is 15.0. The number of aromatic nitrogens is 1. The van der Waals surface area contributed by atoms with E-state index in [1.165, 1.54) is 65.3 Å². The maximum absolute atomic E-state index is 14.1. The second kappa shape index (κ2) is 29.8. The first-order valence-electron chi connectivity index (χ1n) is 27.4. The van der Waals surface area contributed by atoms with Crippen molar-refractivity contribution in [2.75, 3.05) is 35.0 Å². The summed E-state index contributed by atoms with van der Waals surface area (Å²) in [7, 11) is 7.22. The first-order chi connectivity index (χ1) is 38.3. The van der Waals surface area contributed by atoms with E-state index in [1.54, 1.807) is 101 Å². The molecule has 1 amide bonds. The first kappa shape index (κ1) is 67.2. The molecule has 1 aromatic rings. The Morgan fingerprint density at radius 1 is 0.802 bits per heavy atom. The Bertz CT molecular complexity index is 2520. The predicted molar refractivity (Wildman–Crippen MR) is 296 cm³/mol. The number of hydrogen-bond acceptors (Lipinski definition) is 20. The number of ketones is 1. The number of hydrogen-bond donors (Lipinski definition) is 8. The van der Waals surface area contributed by atoms with Crippen molar-refractivity contribution in [2.45, 2.75) is 185 Å². The van der Waals surface area contributed by atoms with Crippen LogP contribution in [-0.2, 0) is 59.2 Å². The number of allylic oxidation sites excluding steroid dienone is 10. The van der Waals surface area contributed by atoms with Crippen LogP contribution < -0.4 is 10.9 Å². The number of ether oxygens (including phenoxy) is 10. The van der Waals surface area contributed by atoms with Gasteiger partial charge in [-0.1, -0.05) is 101 Å². The Hall–Kier alpha value is -4.57. The summed E-state index contributed by atoms with van der Waals surface area (Å²) < 4.78 is 61.5. The number of carbonyl (C=O) groups is 2. The van der Waals surface area contributed by atoms with Crippen LogP contribution >= 0.6 is 0 Å². The molecule has 0 aliphatic carbocycles. The van der Waals surface area contributed by atoms with Gasteiger partial charge in [-0.3, -0.25) is 14.4 Å². The summed E-state index contributed by atoms with van der Waals surface area (Å²) in [6, 6.07) is 1.27. The van der Waals surface area contributed by atoms with Crippen molar-refractivity contribution < 1.29 is 92.7 Å². The van der Waals surface area contributed by atoms with E-state index in [0.29, 0.717) is 0 Å². The largest absolute Gasteiger partial charge is 0.507 e. The van der Waals surface area contributed by atoms with Gasteiger partial charge < -0.3 is 93.0 Å². The molecule has 0 spiro atoms. The number of carbonyl (C=O) groups excluding carboxylic acids is 2. The zero-order valence-corrected chi connectivity index (χ0v) is 48.9. The maximum Gasteiger partial charge on any atom is 0.265 e. The van der Waals surface area contributed by atoms with Gasteiger partial charge in [-0.25, -0.2) is 0 Å². The third-order valence-corrected chi connectivity index (χ3v) is 15.8. The van der Waals surface area contributed by atoms with Gasteiger partial charge in [-0.15, -0.1) is 0 Å². The number of nitrogens with zero attached hydrogens (tertiary/aromatic N) is 1. The summed E-state index contributed by atoms with van der Waals surface area (Å²) in [5.74, 6) is -6.00. The average Bonchev–Trinajstić information content (AvgIpc) is 3.72. The van der Waals surface area contributed by atoms with Crippen LogP contribution in [0.1, 0.15) is 79.1 Å². The topological polar surface area (TPSA) is 302 Å². The zero-order chi connectivity index (χ0) is 60.3. The monoisotopic (exact) mass is 1140 g/mol. The van der Waals surface area contributed by atoms with Gasteiger partial charge in [0.1, 0.15) is 72.4 Å². The van der Waals surface area contributed by atoms with E-state index < -0.39 is 156 Å². The van der Waals surface area contributed by atoms with Crippen LogP contribution in [0.2, 0.25) is 0 Å². The fourth-order valence-electron chi connectivity index (χ4n) is 11.0. The van der Waals surface area contributed by atoms with E-state index in [-0.39, 0.29) is 24.1 Å². The molecule has 0 bridgehead atoms. The number of methoxy groups -OCH3 is 4. The van der Waals surface area contributed by atoms with Crippen LogP contribution in [0.5, 0.6) is 5.75 Å². The molecule has 5 rings (SSSR count). The lowest BCUT2D eigenvalue weighted by atomic mass is 9.70. The minimum atomic E-state index is -2.53. The Morgan fingerprint density at radius 2 is 1.44 bits per heavy atom. The highest BCUT2D eigenvalue weighted by Crippen LogP contribution is 2.47. The molecule has 22 nitrogen and oxygen atoms in total. The second-order valence-electron chi connectivity index (χ2n) is 21.7. The highest BCUT2D eigenvalue weighted by molar-refractivity contribution is 6.09. The number of aliphatic hydroxyl groups is 6. The van der Waals surface area contributed by atoms with Crippen molar-refractivity contribution in [3.8, 4) is 5.75 Å². The molecular formula is C59H88N2O20. The quantitative estimate of drug-likeness (QED) is 0.0419. The minimum Gasteiger partial charge on any atom is -0.507 e. The molecule has 454 valence electrons. The number of amides is 1. The number of nitrogens with one attached hydrogen (secondary N) is 1. The van der Waals surface area contributed by atoms with Gasteiger partial charge in [0.25, 0.3) is 5.56 Å². The zero-order valence-electron chi connectivity index (χ0n) is 48.9. The Kier molecular flexibility index (Phi) is 24.7. The summed E-state index contributed by atoms with van der Waals surface area (Å²) in [6.45, 7) is 15.6. The molecule has 0 aromatic carbocycles.